The molecule has 0 aliphatic carbocycles. The fourth-order valence-corrected chi connectivity index (χ4v) is 2.61. The largest absolute Gasteiger partial charge is 0.490 e. The molecule has 1 saturated heterocycles. The van der Waals surface area contributed by atoms with E-state index in [2.05, 4.69) is 11.9 Å². The maximum atomic E-state index is 12.8. The van der Waals surface area contributed by atoms with Gasteiger partial charge in [0.1, 0.15) is 18.4 Å². The summed E-state index contributed by atoms with van der Waals surface area (Å²) in [4.78, 5) is 38.3. The molecule has 0 unspecified atom stereocenters. The number of rotatable bonds is 8. The summed E-state index contributed by atoms with van der Waals surface area (Å²) in [5, 5.41) is 2.69. The molecular formula is C19H24N2O5. The number of amides is 2. The number of esters is 1. The van der Waals surface area contributed by atoms with Crippen molar-refractivity contribution in [1.29, 1.82) is 0 Å². The van der Waals surface area contributed by atoms with Crippen molar-refractivity contribution in [2.45, 2.75) is 25.8 Å². The van der Waals surface area contributed by atoms with Gasteiger partial charge in [0, 0.05) is 18.7 Å². The molecule has 26 heavy (non-hydrogen) atoms. The van der Waals surface area contributed by atoms with Crippen molar-refractivity contribution < 1.29 is 23.9 Å². The summed E-state index contributed by atoms with van der Waals surface area (Å²) in [7, 11) is 0. The van der Waals surface area contributed by atoms with Crippen LogP contribution in [0.3, 0.4) is 0 Å². The number of piperazine rings is 1. The van der Waals surface area contributed by atoms with Gasteiger partial charge in [-0.2, -0.15) is 0 Å². The second kappa shape index (κ2) is 9.60. The van der Waals surface area contributed by atoms with Crippen LogP contribution in [0, 0.1) is 0 Å². The number of nitrogens with zero attached hydrogens (tertiary/aromatic N) is 1. The normalized spacial score (nSPS) is 16.6. The summed E-state index contributed by atoms with van der Waals surface area (Å²) in [6, 6.07) is 5.79. The lowest BCUT2D eigenvalue weighted by Gasteiger charge is -2.34. The summed E-state index contributed by atoms with van der Waals surface area (Å²) < 4.78 is 10.4. The standard InChI is InChI=1S/C19H24N2O5/c1-3-11-25-15-7-5-14(6-8-15)19(24)21-10-9-20-18(23)16(21)13-17(22)26-12-4-2/h3,5-8,16H,1,4,9-13H2,2H3,(H,20,23)/t16-/m0/s1. The quantitative estimate of drug-likeness (QED) is 0.561. The molecule has 1 fully saturated rings. The van der Waals surface area contributed by atoms with E-state index in [-0.39, 0.29) is 18.2 Å². The van der Waals surface area contributed by atoms with Gasteiger partial charge in [-0.3, -0.25) is 14.4 Å². The van der Waals surface area contributed by atoms with Gasteiger partial charge in [0.25, 0.3) is 5.91 Å². The summed E-state index contributed by atoms with van der Waals surface area (Å²) in [5.74, 6) is -0.509. The first-order valence-corrected chi connectivity index (χ1v) is 8.65. The lowest BCUT2D eigenvalue weighted by atomic mass is 10.1. The molecule has 1 heterocycles. The Kier molecular flexibility index (Phi) is 7.20. The third kappa shape index (κ3) is 5.08. The molecule has 140 valence electrons. The van der Waals surface area contributed by atoms with Crippen LogP contribution in [-0.2, 0) is 14.3 Å². The Morgan fingerprint density at radius 1 is 1.35 bits per heavy atom. The van der Waals surface area contributed by atoms with Gasteiger partial charge >= 0.3 is 5.97 Å². The third-order valence-electron chi connectivity index (χ3n) is 3.89. The van der Waals surface area contributed by atoms with Crippen LogP contribution in [0.1, 0.15) is 30.1 Å². The van der Waals surface area contributed by atoms with Gasteiger partial charge in [-0.1, -0.05) is 19.6 Å². The topological polar surface area (TPSA) is 84.9 Å². The number of hydrogen-bond acceptors (Lipinski definition) is 5. The number of carbonyl (C=O) groups is 3. The van der Waals surface area contributed by atoms with Crippen LogP contribution < -0.4 is 10.1 Å². The van der Waals surface area contributed by atoms with Gasteiger partial charge in [0.15, 0.2) is 0 Å². The Morgan fingerprint density at radius 3 is 2.73 bits per heavy atom. The van der Waals surface area contributed by atoms with E-state index in [1.165, 1.54) is 4.90 Å². The first-order valence-electron chi connectivity index (χ1n) is 8.65. The maximum absolute atomic E-state index is 12.8. The van der Waals surface area contributed by atoms with Gasteiger partial charge in [-0.15, -0.1) is 0 Å². The summed E-state index contributed by atoms with van der Waals surface area (Å²) in [5.41, 5.74) is 0.428. The Bertz CT molecular complexity index is 656. The molecule has 1 aliphatic rings. The highest BCUT2D eigenvalue weighted by Gasteiger charge is 2.35. The molecule has 1 aromatic rings. The number of benzene rings is 1. The summed E-state index contributed by atoms with van der Waals surface area (Å²) in [6.45, 7) is 6.83. The van der Waals surface area contributed by atoms with E-state index in [9.17, 15) is 14.4 Å². The number of ether oxygens (including phenoxy) is 2. The smallest absolute Gasteiger partial charge is 0.308 e. The van der Waals surface area contributed by atoms with Gasteiger partial charge in [0.05, 0.1) is 13.0 Å². The molecule has 7 heteroatoms. The molecule has 2 rings (SSSR count). The molecule has 1 aromatic carbocycles. The molecule has 0 aromatic heterocycles. The average molecular weight is 360 g/mol. The minimum absolute atomic E-state index is 0.155. The summed E-state index contributed by atoms with van der Waals surface area (Å²) in [6.07, 6.45) is 2.18. The molecule has 1 atom stereocenters. The molecule has 2 amide bonds. The zero-order valence-electron chi connectivity index (χ0n) is 14.9. The van der Waals surface area contributed by atoms with Crippen molar-refractivity contribution in [3.63, 3.8) is 0 Å². The van der Waals surface area contributed by atoms with Crippen molar-refractivity contribution in [1.82, 2.24) is 10.2 Å². The van der Waals surface area contributed by atoms with E-state index in [1.807, 2.05) is 6.92 Å². The number of carbonyl (C=O) groups excluding carboxylic acids is 3. The highest BCUT2D eigenvalue weighted by molar-refractivity contribution is 5.99. The van der Waals surface area contributed by atoms with Crippen molar-refractivity contribution in [3.8, 4) is 5.75 Å². The van der Waals surface area contributed by atoms with Crippen molar-refractivity contribution in [3.05, 3.63) is 42.5 Å². The van der Waals surface area contributed by atoms with Crippen molar-refractivity contribution in [2.24, 2.45) is 0 Å². The van der Waals surface area contributed by atoms with Gasteiger partial charge in [0.2, 0.25) is 5.91 Å². The first kappa shape index (κ1) is 19.5. The zero-order chi connectivity index (χ0) is 18.9. The Hall–Kier alpha value is -2.83. The van der Waals surface area contributed by atoms with E-state index in [1.54, 1.807) is 30.3 Å². The fourth-order valence-electron chi connectivity index (χ4n) is 2.61. The van der Waals surface area contributed by atoms with Gasteiger partial charge < -0.3 is 19.7 Å². The van der Waals surface area contributed by atoms with Crippen LogP contribution in [0.5, 0.6) is 5.75 Å². The highest BCUT2D eigenvalue weighted by Crippen LogP contribution is 2.18. The van der Waals surface area contributed by atoms with E-state index < -0.39 is 12.0 Å². The van der Waals surface area contributed by atoms with Crippen molar-refractivity contribution in [2.75, 3.05) is 26.3 Å². The minimum Gasteiger partial charge on any atom is -0.490 e. The second-order valence-corrected chi connectivity index (χ2v) is 5.85. The Labute approximate surface area is 153 Å². The molecule has 0 bridgehead atoms. The zero-order valence-corrected chi connectivity index (χ0v) is 14.9. The minimum atomic E-state index is -0.864. The number of hydrogen-bond donors (Lipinski definition) is 1. The molecule has 0 radical (unpaired) electrons. The number of nitrogens with one attached hydrogen (secondary N) is 1. The molecular weight excluding hydrogens is 336 g/mol. The van der Waals surface area contributed by atoms with E-state index in [4.69, 9.17) is 9.47 Å². The fraction of sp³-hybridized carbons (Fsp3) is 0.421. The highest BCUT2D eigenvalue weighted by atomic mass is 16.5. The second-order valence-electron chi connectivity index (χ2n) is 5.85. The van der Waals surface area contributed by atoms with E-state index >= 15 is 0 Å². The van der Waals surface area contributed by atoms with Crippen LogP contribution >= 0.6 is 0 Å². The SMILES string of the molecule is C=CCOc1ccc(C(=O)N2CCNC(=O)[C@@H]2CC(=O)OCCC)cc1. The molecule has 1 aliphatic heterocycles. The maximum Gasteiger partial charge on any atom is 0.308 e. The van der Waals surface area contributed by atoms with Crippen LogP contribution in [0.25, 0.3) is 0 Å². The molecule has 0 spiro atoms. The average Bonchev–Trinajstić information content (AvgIpc) is 2.66. The molecule has 1 N–H and O–H groups in total. The Balaban J connectivity index is 2.09. The lowest BCUT2D eigenvalue weighted by Crippen LogP contribution is -2.57. The van der Waals surface area contributed by atoms with Crippen LogP contribution in [0.15, 0.2) is 36.9 Å². The van der Waals surface area contributed by atoms with Gasteiger partial charge in [-0.25, -0.2) is 0 Å². The molecule has 7 nitrogen and oxygen atoms in total. The van der Waals surface area contributed by atoms with E-state index in [0.29, 0.717) is 44.0 Å². The third-order valence-corrected chi connectivity index (χ3v) is 3.89. The van der Waals surface area contributed by atoms with E-state index in [0.717, 1.165) is 0 Å². The predicted molar refractivity (Wildman–Crippen MR) is 95.8 cm³/mol. The van der Waals surface area contributed by atoms with Gasteiger partial charge in [-0.05, 0) is 30.7 Å². The summed E-state index contributed by atoms with van der Waals surface area (Å²) >= 11 is 0. The molecule has 0 saturated carbocycles. The predicted octanol–water partition coefficient (Wildman–Crippen LogP) is 1.54. The first-order chi connectivity index (χ1) is 12.6. The Morgan fingerprint density at radius 2 is 2.08 bits per heavy atom. The monoisotopic (exact) mass is 360 g/mol. The van der Waals surface area contributed by atoms with Crippen LogP contribution in [0.4, 0.5) is 0 Å². The van der Waals surface area contributed by atoms with Crippen LogP contribution in [0.2, 0.25) is 0 Å². The van der Waals surface area contributed by atoms with Crippen molar-refractivity contribution >= 4 is 17.8 Å². The lowest BCUT2D eigenvalue weighted by molar-refractivity contribution is -0.147. The van der Waals surface area contributed by atoms with Crippen LogP contribution in [-0.4, -0.2) is 55.0 Å².